The average molecular weight is 433 g/mol. The van der Waals surface area contributed by atoms with Crippen LogP contribution >= 0.6 is 24.0 Å². The summed E-state index contributed by atoms with van der Waals surface area (Å²) in [6.07, 6.45) is 0.921. The van der Waals surface area contributed by atoms with Gasteiger partial charge in [0.2, 0.25) is 5.82 Å². The van der Waals surface area contributed by atoms with Gasteiger partial charge in [-0.05, 0) is 50.1 Å². The number of hydrogen-bond donors (Lipinski definition) is 1. The lowest BCUT2D eigenvalue weighted by Crippen LogP contribution is -2.34. The summed E-state index contributed by atoms with van der Waals surface area (Å²) in [4.78, 5) is 19.6. The minimum Gasteiger partial charge on any atom is -0.336 e. The summed E-state index contributed by atoms with van der Waals surface area (Å²) in [6, 6.07) is 14.7. The molecule has 2 N–H and O–H groups in total. The van der Waals surface area contributed by atoms with Gasteiger partial charge in [0.05, 0.1) is 11.1 Å². The lowest BCUT2D eigenvalue weighted by molar-refractivity contribution is 0.0744. The Kier molecular flexibility index (Phi) is 6.57. The Labute approximate surface area is 180 Å². The number of nitrogens with two attached hydrogens (primary N) is 1. The molecule has 152 valence electrons. The number of benzene rings is 2. The predicted octanol–water partition coefficient (Wildman–Crippen LogP) is 4.29. The fourth-order valence-corrected chi connectivity index (χ4v) is 3.87. The molecule has 0 spiro atoms. The summed E-state index contributed by atoms with van der Waals surface area (Å²) in [5.74, 6) is 1.03. The number of hydrogen-bond acceptors (Lipinski definition) is 5. The van der Waals surface area contributed by atoms with Gasteiger partial charge in [-0.2, -0.15) is 4.98 Å². The maximum atomic E-state index is 13.2. The van der Waals surface area contributed by atoms with Gasteiger partial charge in [0.25, 0.3) is 11.8 Å². The van der Waals surface area contributed by atoms with Crippen molar-refractivity contribution in [3.05, 3.63) is 59.1 Å². The summed E-state index contributed by atoms with van der Waals surface area (Å²) in [5, 5.41) is 4.65. The Balaban J connectivity index is 0.00000240. The van der Waals surface area contributed by atoms with Gasteiger partial charge in [-0.25, -0.2) is 0 Å². The van der Waals surface area contributed by atoms with Gasteiger partial charge >= 0.3 is 0 Å². The van der Waals surface area contributed by atoms with Crippen molar-refractivity contribution >= 4 is 29.9 Å². The number of rotatable bonds is 4. The summed E-state index contributed by atoms with van der Waals surface area (Å²) in [7, 11) is 0. The largest absolute Gasteiger partial charge is 0.336 e. The van der Waals surface area contributed by atoms with Gasteiger partial charge in [0.1, 0.15) is 0 Å². The van der Waals surface area contributed by atoms with Crippen LogP contribution in [0, 0.1) is 5.92 Å². The topological polar surface area (TPSA) is 85.2 Å². The van der Waals surface area contributed by atoms with E-state index in [9.17, 15) is 4.79 Å². The first-order valence-electron chi connectivity index (χ1n) is 9.27. The van der Waals surface area contributed by atoms with Crippen molar-refractivity contribution < 1.29 is 9.32 Å². The van der Waals surface area contributed by atoms with Crippen LogP contribution < -0.4 is 5.73 Å². The molecule has 3 aromatic rings. The Morgan fingerprint density at radius 1 is 1.28 bits per heavy atom. The molecule has 2 heterocycles. The molecule has 2 unspecified atom stereocenters. The zero-order valence-electron chi connectivity index (χ0n) is 15.9. The first kappa shape index (κ1) is 21.3. The van der Waals surface area contributed by atoms with E-state index < -0.39 is 0 Å². The predicted molar refractivity (Wildman–Crippen MR) is 115 cm³/mol. The maximum Gasteiger partial charge on any atom is 0.259 e. The molecular weight excluding hydrogens is 411 g/mol. The molecule has 0 radical (unpaired) electrons. The number of amides is 1. The smallest absolute Gasteiger partial charge is 0.259 e. The third-order valence-electron chi connectivity index (χ3n) is 5.15. The number of carbonyl (C=O) groups excluding carboxylic acids is 1. The van der Waals surface area contributed by atoms with E-state index in [2.05, 4.69) is 17.1 Å². The van der Waals surface area contributed by atoms with Gasteiger partial charge < -0.3 is 15.2 Å². The number of likely N-dealkylation sites (tertiary alicyclic amines) is 1. The van der Waals surface area contributed by atoms with E-state index in [1.807, 2.05) is 35.2 Å². The monoisotopic (exact) mass is 432 g/mol. The maximum absolute atomic E-state index is 13.2. The summed E-state index contributed by atoms with van der Waals surface area (Å²) >= 11 is 6.05. The van der Waals surface area contributed by atoms with Gasteiger partial charge in [0.15, 0.2) is 0 Å². The number of halogens is 2. The Morgan fingerprint density at radius 3 is 2.79 bits per heavy atom. The molecule has 6 nitrogen and oxygen atoms in total. The molecule has 1 aliphatic heterocycles. The number of carbonyl (C=O) groups is 1. The van der Waals surface area contributed by atoms with Crippen LogP contribution in [0.2, 0.25) is 5.02 Å². The van der Waals surface area contributed by atoms with Gasteiger partial charge in [-0.1, -0.05) is 41.0 Å². The minimum absolute atomic E-state index is 0. The van der Waals surface area contributed by atoms with E-state index in [1.165, 1.54) is 0 Å². The molecule has 29 heavy (non-hydrogen) atoms. The van der Waals surface area contributed by atoms with Crippen LogP contribution in [0.1, 0.15) is 23.7 Å². The van der Waals surface area contributed by atoms with Crippen molar-refractivity contribution in [2.75, 3.05) is 13.1 Å². The Morgan fingerprint density at radius 2 is 2.07 bits per heavy atom. The Hall–Kier alpha value is -2.41. The molecule has 1 aliphatic rings. The molecule has 0 bridgehead atoms. The fourth-order valence-electron chi connectivity index (χ4n) is 3.68. The third-order valence-corrected chi connectivity index (χ3v) is 5.39. The van der Waals surface area contributed by atoms with Crippen LogP contribution in [-0.2, 0) is 0 Å². The van der Waals surface area contributed by atoms with Crippen LogP contribution in [-0.4, -0.2) is 40.1 Å². The second-order valence-corrected chi connectivity index (χ2v) is 7.56. The zero-order chi connectivity index (χ0) is 19.7. The van der Waals surface area contributed by atoms with E-state index in [-0.39, 0.29) is 24.4 Å². The highest BCUT2D eigenvalue weighted by Crippen LogP contribution is 2.30. The first-order chi connectivity index (χ1) is 13.6. The van der Waals surface area contributed by atoms with Crippen molar-refractivity contribution in [3.8, 4) is 22.8 Å². The fraction of sp³-hybridized carbons (Fsp3) is 0.286. The highest BCUT2D eigenvalue weighted by atomic mass is 35.5. The van der Waals surface area contributed by atoms with Crippen LogP contribution in [0.3, 0.4) is 0 Å². The second-order valence-electron chi connectivity index (χ2n) is 7.12. The van der Waals surface area contributed by atoms with Gasteiger partial charge in [-0.15, -0.1) is 12.4 Å². The van der Waals surface area contributed by atoms with Crippen molar-refractivity contribution in [1.29, 1.82) is 0 Å². The van der Waals surface area contributed by atoms with Crippen LogP contribution in [0.4, 0.5) is 0 Å². The molecule has 2 aromatic carbocycles. The normalized spacial score (nSPS) is 18.5. The van der Waals surface area contributed by atoms with E-state index in [0.717, 1.165) is 12.0 Å². The van der Waals surface area contributed by atoms with Crippen LogP contribution in [0.5, 0.6) is 0 Å². The van der Waals surface area contributed by atoms with Crippen molar-refractivity contribution in [2.24, 2.45) is 11.7 Å². The van der Waals surface area contributed by atoms with E-state index in [4.69, 9.17) is 21.9 Å². The minimum atomic E-state index is -0.0402. The molecule has 1 fully saturated rings. The molecule has 0 aliphatic carbocycles. The van der Waals surface area contributed by atoms with Gasteiger partial charge in [-0.3, -0.25) is 4.79 Å². The lowest BCUT2D eigenvalue weighted by atomic mass is 10.1. The summed E-state index contributed by atoms with van der Waals surface area (Å²) < 4.78 is 5.47. The highest BCUT2D eigenvalue weighted by Gasteiger charge is 2.33. The van der Waals surface area contributed by atoms with E-state index >= 15 is 0 Å². The molecule has 1 amide bonds. The zero-order valence-corrected chi connectivity index (χ0v) is 17.5. The standard InChI is InChI=1S/C21H21ClN4O2.ClH/c1-13-9-14(11-23)12-26(13)21(27)18-8-3-2-7-17(18)20-24-19(25-28-20)15-5-4-6-16(22)10-15;/h2-8,10,13-14H,9,11-12,23H2,1H3;1H. The molecule has 4 rings (SSSR count). The lowest BCUT2D eigenvalue weighted by Gasteiger charge is -2.22. The van der Waals surface area contributed by atoms with Gasteiger partial charge in [0, 0.05) is 23.2 Å². The summed E-state index contributed by atoms with van der Waals surface area (Å²) in [6.45, 7) is 3.31. The van der Waals surface area contributed by atoms with Crippen molar-refractivity contribution in [1.82, 2.24) is 15.0 Å². The van der Waals surface area contributed by atoms with Crippen molar-refractivity contribution in [3.63, 3.8) is 0 Å². The van der Waals surface area contributed by atoms with Crippen molar-refractivity contribution in [2.45, 2.75) is 19.4 Å². The number of aromatic nitrogens is 2. The molecule has 1 saturated heterocycles. The quantitative estimate of drug-likeness (QED) is 0.664. The third kappa shape index (κ3) is 4.29. The molecule has 1 aromatic heterocycles. The molecule has 0 saturated carbocycles. The van der Waals surface area contributed by atoms with E-state index in [1.54, 1.807) is 18.2 Å². The average Bonchev–Trinajstić information content (AvgIpc) is 3.34. The molecular formula is C21H22Cl2N4O2. The second kappa shape index (κ2) is 8.95. The highest BCUT2D eigenvalue weighted by molar-refractivity contribution is 6.30. The van der Waals surface area contributed by atoms with Crippen LogP contribution in [0.25, 0.3) is 22.8 Å². The molecule has 8 heteroatoms. The Bertz CT molecular complexity index is 1010. The first-order valence-corrected chi connectivity index (χ1v) is 9.64. The van der Waals surface area contributed by atoms with E-state index in [0.29, 0.717) is 46.9 Å². The molecule has 2 atom stereocenters. The SMILES string of the molecule is CC1CC(CN)CN1C(=O)c1ccccc1-c1nc(-c2cccc(Cl)c2)no1.Cl. The summed E-state index contributed by atoms with van der Waals surface area (Å²) in [5.41, 5.74) is 7.73. The number of nitrogens with zero attached hydrogens (tertiary/aromatic N) is 3. The van der Waals surface area contributed by atoms with Crippen LogP contribution in [0.15, 0.2) is 53.1 Å².